The first-order chi connectivity index (χ1) is 10.2. The quantitative estimate of drug-likeness (QED) is 0.234. The van der Waals surface area contributed by atoms with Crippen LogP contribution in [0.25, 0.3) is 0 Å². The Labute approximate surface area is 131 Å². The van der Waals surface area contributed by atoms with Gasteiger partial charge in [-0.2, -0.15) is 0 Å². The lowest BCUT2D eigenvalue weighted by Crippen LogP contribution is -2.25. The van der Waals surface area contributed by atoms with Gasteiger partial charge in [-0.3, -0.25) is 10.0 Å². The summed E-state index contributed by atoms with van der Waals surface area (Å²) < 4.78 is 0. The molecule has 0 aromatic carbocycles. The first-order valence-corrected chi connectivity index (χ1v) is 9.16. The lowest BCUT2D eigenvalue weighted by molar-refractivity contribution is -0.133. The molecule has 0 aliphatic heterocycles. The molecular weight excluding hydrogens is 262 g/mol. The van der Waals surface area contributed by atoms with Crippen molar-refractivity contribution >= 4 is 5.91 Å². The molecule has 0 bridgehead atoms. The number of amides is 1. The van der Waals surface area contributed by atoms with Crippen LogP contribution in [0.3, 0.4) is 0 Å². The van der Waals surface area contributed by atoms with E-state index in [9.17, 15) is 4.79 Å². The normalized spacial score (nSPS) is 12.3. The second-order valence-corrected chi connectivity index (χ2v) is 6.41. The zero-order chi connectivity index (χ0) is 15.8. The van der Waals surface area contributed by atoms with Crippen LogP contribution < -0.4 is 5.48 Å². The number of nitrogens with one attached hydrogen (secondary N) is 1. The van der Waals surface area contributed by atoms with Crippen molar-refractivity contribution < 1.29 is 10.0 Å². The Morgan fingerprint density at radius 2 is 1.19 bits per heavy atom. The molecule has 0 aliphatic carbocycles. The molecule has 3 heteroatoms. The predicted octanol–water partition coefficient (Wildman–Crippen LogP) is 5.61. The second-order valence-electron chi connectivity index (χ2n) is 6.41. The fourth-order valence-corrected chi connectivity index (χ4v) is 2.71. The minimum atomic E-state index is -0.256. The monoisotopic (exact) mass is 299 g/mol. The van der Waals surface area contributed by atoms with E-state index in [-0.39, 0.29) is 11.8 Å². The van der Waals surface area contributed by atoms with Crippen LogP contribution >= 0.6 is 0 Å². The lowest BCUT2D eigenvalue weighted by Gasteiger charge is -2.08. The largest absolute Gasteiger partial charge is 0.289 e. The Bertz CT molecular complexity index is 231. The number of hydrogen-bond acceptors (Lipinski definition) is 2. The van der Waals surface area contributed by atoms with E-state index in [1.807, 2.05) is 6.92 Å². The van der Waals surface area contributed by atoms with Gasteiger partial charge in [0, 0.05) is 5.92 Å². The van der Waals surface area contributed by atoms with Crippen molar-refractivity contribution in [2.75, 3.05) is 0 Å². The molecule has 0 fully saturated rings. The minimum absolute atomic E-state index is 0.0669. The topological polar surface area (TPSA) is 49.3 Å². The molecule has 0 saturated heterocycles. The predicted molar refractivity (Wildman–Crippen MR) is 89.4 cm³/mol. The lowest BCUT2D eigenvalue weighted by atomic mass is 10.0. The Balaban J connectivity index is 3.11. The van der Waals surface area contributed by atoms with Crippen LogP contribution in [0.2, 0.25) is 0 Å². The van der Waals surface area contributed by atoms with E-state index < -0.39 is 0 Å². The van der Waals surface area contributed by atoms with Crippen molar-refractivity contribution in [3.05, 3.63) is 0 Å². The van der Waals surface area contributed by atoms with Gasteiger partial charge in [-0.25, -0.2) is 5.48 Å². The minimum Gasteiger partial charge on any atom is -0.289 e. The van der Waals surface area contributed by atoms with E-state index in [1.54, 1.807) is 5.48 Å². The van der Waals surface area contributed by atoms with Gasteiger partial charge in [0.05, 0.1) is 0 Å². The average molecular weight is 299 g/mol. The smallest absolute Gasteiger partial charge is 0.246 e. The number of unbranched alkanes of at least 4 members (excludes halogenated alkanes) is 12. The van der Waals surface area contributed by atoms with E-state index in [0.717, 1.165) is 12.8 Å². The number of carbonyl (C=O) groups excluding carboxylic acids is 1. The van der Waals surface area contributed by atoms with E-state index in [2.05, 4.69) is 6.92 Å². The van der Waals surface area contributed by atoms with Crippen LogP contribution in [0.5, 0.6) is 0 Å². The number of carbonyl (C=O) groups is 1. The van der Waals surface area contributed by atoms with Gasteiger partial charge in [-0.15, -0.1) is 0 Å². The number of rotatable bonds is 15. The summed E-state index contributed by atoms with van der Waals surface area (Å²) in [5.41, 5.74) is 1.72. The summed E-state index contributed by atoms with van der Waals surface area (Å²) in [5, 5.41) is 8.51. The molecule has 2 N–H and O–H groups in total. The number of hydroxylamine groups is 1. The molecule has 1 amide bonds. The summed E-state index contributed by atoms with van der Waals surface area (Å²) in [6.45, 7) is 4.13. The third-order valence-corrected chi connectivity index (χ3v) is 4.30. The Hall–Kier alpha value is -0.570. The van der Waals surface area contributed by atoms with Crippen molar-refractivity contribution in [3.63, 3.8) is 0 Å². The van der Waals surface area contributed by atoms with E-state index >= 15 is 0 Å². The Morgan fingerprint density at radius 3 is 1.57 bits per heavy atom. The van der Waals surface area contributed by atoms with Gasteiger partial charge >= 0.3 is 0 Å². The molecule has 126 valence electrons. The molecule has 0 aliphatic rings. The van der Waals surface area contributed by atoms with Crippen LogP contribution in [0.1, 0.15) is 104 Å². The van der Waals surface area contributed by atoms with Crippen LogP contribution in [0, 0.1) is 5.92 Å². The van der Waals surface area contributed by atoms with Crippen LogP contribution in [0.15, 0.2) is 0 Å². The third kappa shape index (κ3) is 14.1. The van der Waals surface area contributed by atoms with E-state index in [4.69, 9.17) is 5.21 Å². The zero-order valence-electron chi connectivity index (χ0n) is 14.3. The van der Waals surface area contributed by atoms with Crippen molar-refractivity contribution in [3.8, 4) is 0 Å². The molecule has 0 aromatic heterocycles. The van der Waals surface area contributed by atoms with Crippen LogP contribution in [-0.2, 0) is 4.79 Å². The van der Waals surface area contributed by atoms with Gasteiger partial charge < -0.3 is 0 Å². The third-order valence-electron chi connectivity index (χ3n) is 4.30. The maximum absolute atomic E-state index is 11.1. The first-order valence-electron chi connectivity index (χ1n) is 9.16. The molecule has 0 spiro atoms. The molecule has 0 saturated carbocycles. The van der Waals surface area contributed by atoms with Crippen molar-refractivity contribution in [2.24, 2.45) is 5.92 Å². The highest BCUT2D eigenvalue weighted by Crippen LogP contribution is 2.14. The summed E-state index contributed by atoms with van der Waals surface area (Å²) in [6.07, 6.45) is 18.4. The second kappa shape index (κ2) is 15.8. The molecule has 0 heterocycles. The fourth-order valence-electron chi connectivity index (χ4n) is 2.71. The van der Waals surface area contributed by atoms with Gasteiger partial charge in [0.2, 0.25) is 5.91 Å². The highest BCUT2D eigenvalue weighted by atomic mass is 16.5. The standard InChI is InChI=1S/C18H37NO2/c1-3-4-5-6-7-8-9-10-11-12-13-14-15-16-17(2)18(20)19-21/h17,21H,3-16H2,1-2H3,(H,19,20). The van der Waals surface area contributed by atoms with Gasteiger partial charge in [0.25, 0.3) is 0 Å². The van der Waals surface area contributed by atoms with Gasteiger partial charge in [-0.1, -0.05) is 97.3 Å². The maximum atomic E-state index is 11.1. The highest BCUT2D eigenvalue weighted by molar-refractivity contribution is 5.76. The summed E-state index contributed by atoms with van der Waals surface area (Å²) in [6, 6.07) is 0. The van der Waals surface area contributed by atoms with E-state index in [0.29, 0.717) is 0 Å². The molecular formula is C18H37NO2. The Kier molecular flexibility index (Phi) is 15.4. The molecule has 0 rings (SSSR count). The summed E-state index contributed by atoms with van der Waals surface area (Å²) in [5.74, 6) is -0.323. The molecule has 1 unspecified atom stereocenters. The molecule has 0 radical (unpaired) electrons. The first kappa shape index (κ1) is 20.4. The number of hydrogen-bond donors (Lipinski definition) is 2. The SMILES string of the molecule is CCCCCCCCCCCCCCCC(C)C(=O)NO. The zero-order valence-corrected chi connectivity index (χ0v) is 14.3. The Morgan fingerprint density at radius 1 is 0.810 bits per heavy atom. The van der Waals surface area contributed by atoms with Gasteiger partial charge in [-0.05, 0) is 6.42 Å². The summed E-state index contributed by atoms with van der Waals surface area (Å²) >= 11 is 0. The van der Waals surface area contributed by atoms with Crippen LogP contribution in [-0.4, -0.2) is 11.1 Å². The summed E-state index contributed by atoms with van der Waals surface area (Å²) in [4.78, 5) is 11.1. The fraction of sp³-hybridized carbons (Fsp3) is 0.944. The molecule has 3 nitrogen and oxygen atoms in total. The molecule has 21 heavy (non-hydrogen) atoms. The van der Waals surface area contributed by atoms with Gasteiger partial charge in [0.15, 0.2) is 0 Å². The van der Waals surface area contributed by atoms with Crippen molar-refractivity contribution in [1.82, 2.24) is 5.48 Å². The molecule has 0 aromatic rings. The van der Waals surface area contributed by atoms with E-state index in [1.165, 1.54) is 77.0 Å². The maximum Gasteiger partial charge on any atom is 0.246 e. The average Bonchev–Trinajstić information content (AvgIpc) is 2.50. The van der Waals surface area contributed by atoms with Crippen molar-refractivity contribution in [2.45, 2.75) is 104 Å². The highest BCUT2D eigenvalue weighted by Gasteiger charge is 2.10. The summed E-state index contributed by atoms with van der Waals surface area (Å²) in [7, 11) is 0. The molecule has 1 atom stereocenters. The van der Waals surface area contributed by atoms with Crippen molar-refractivity contribution in [1.29, 1.82) is 0 Å². The van der Waals surface area contributed by atoms with Gasteiger partial charge in [0.1, 0.15) is 0 Å². The van der Waals surface area contributed by atoms with Crippen LogP contribution in [0.4, 0.5) is 0 Å².